The molecular formula is C11H17N9O. The predicted octanol–water partition coefficient (Wildman–Crippen LogP) is -1.05. The Morgan fingerprint density at radius 3 is 2.86 bits per heavy atom. The second kappa shape index (κ2) is 5.58. The maximum Gasteiger partial charge on any atom is 0.258 e. The highest BCUT2D eigenvalue weighted by Gasteiger charge is 2.32. The summed E-state index contributed by atoms with van der Waals surface area (Å²) in [7, 11) is 0. The molecule has 21 heavy (non-hydrogen) atoms. The maximum absolute atomic E-state index is 9.57. The van der Waals surface area contributed by atoms with E-state index in [2.05, 4.69) is 37.4 Å². The Balaban J connectivity index is 2.00. The average molecular weight is 291 g/mol. The van der Waals surface area contributed by atoms with E-state index in [4.69, 9.17) is 5.84 Å². The molecule has 2 unspecified atom stereocenters. The molecule has 2 aromatic rings. The van der Waals surface area contributed by atoms with Crippen molar-refractivity contribution in [1.29, 1.82) is 0 Å². The highest BCUT2D eigenvalue weighted by Crippen LogP contribution is 2.27. The van der Waals surface area contributed by atoms with Gasteiger partial charge in [-0.25, -0.2) is 10.8 Å². The molecule has 0 saturated carbocycles. The smallest absolute Gasteiger partial charge is 0.258 e. The molecule has 1 fully saturated rings. The number of nitrogens with two attached hydrogens (primary N) is 1. The van der Waals surface area contributed by atoms with E-state index in [1.165, 1.54) is 17.3 Å². The fourth-order valence-corrected chi connectivity index (χ4v) is 2.50. The Bertz CT molecular complexity index is 602. The molecule has 10 heteroatoms. The van der Waals surface area contributed by atoms with Crippen molar-refractivity contribution >= 4 is 11.9 Å². The first-order valence-electron chi connectivity index (χ1n) is 6.68. The van der Waals surface area contributed by atoms with E-state index in [1.807, 2.05) is 4.90 Å². The van der Waals surface area contributed by atoms with Crippen molar-refractivity contribution in [2.75, 3.05) is 23.5 Å². The standard InChI is InChI=1S/C11H17N9O/c1-7-2-3-19(8(7)4-21)10-15-9(18-12)16-11(17-10)20-6-13-5-14-20/h5-8,21H,2-4,12H2,1H3,(H,15,16,17,18). The molecule has 2 atom stereocenters. The second-order valence-corrected chi connectivity index (χ2v) is 4.95. The van der Waals surface area contributed by atoms with Crippen LogP contribution in [0.5, 0.6) is 0 Å². The first-order chi connectivity index (χ1) is 10.2. The van der Waals surface area contributed by atoms with Crippen molar-refractivity contribution in [2.24, 2.45) is 11.8 Å². The molecule has 1 aliphatic heterocycles. The molecule has 3 rings (SSSR count). The average Bonchev–Trinajstić information content (AvgIpc) is 3.16. The Kier molecular flexibility index (Phi) is 3.62. The summed E-state index contributed by atoms with van der Waals surface area (Å²) in [5, 5.41) is 13.6. The minimum Gasteiger partial charge on any atom is -0.394 e. The van der Waals surface area contributed by atoms with Gasteiger partial charge in [0.05, 0.1) is 12.6 Å². The van der Waals surface area contributed by atoms with E-state index < -0.39 is 0 Å². The van der Waals surface area contributed by atoms with Crippen molar-refractivity contribution in [3.05, 3.63) is 12.7 Å². The van der Waals surface area contributed by atoms with E-state index in [0.717, 1.165) is 13.0 Å². The second-order valence-electron chi connectivity index (χ2n) is 4.95. The van der Waals surface area contributed by atoms with Crippen LogP contribution in [0, 0.1) is 5.92 Å². The Labute approximate surface area is 121 Å². The van der Waals surface area contributed by atoms with E-state index in [1.54, 1.807) is 0 Å². The van der Waals surface area contributed by atoms with E-state index in [9.17, 15) is 5.11 Å². The zero-order chi connectivity index (χ0) is 14.8. The summed E-state index contributed by atoms with van der Waals surface area (Å²) in [4.78, 5) is 18.7. The molecule has 0 amide bonds. The van der Waals surface area contributed by atoms with E-state index in [-0.39, 0.29) is 18.6 Å². The number of nitrogen functional groups attached to an aromatic ring is 1. The third-order valence-corrected chi connectivity index (χ3v) is 3.69. The lowest BCUT2D eigenvalue weighted by atomic mass is 10.0. The molecule has 10 nitrogen and oxygen atoms in total. The summed E-state index contributed by atoms with van der Waals surface area (Å²) in [6.07, 6.45) is 3.87. The lowest BCUT2D eigenvalue weighted by Gasteiger charge is -2.25. The SMILES string of the molecule is CC1CCN(c2nc(NN)nc(-n3cncn3)n2)C1CO. The lowest BCUT2D eigenvalue weighted by Crippen LogP contribution is -2.37. The normalized spacial score (nSPS) is 21.8. The Morgan fingerprint density at radius 1 is 1.38 bits per heavy atom. The van der Waals surface area contributed by atoms with Crippen molar-refractivity contribution in [3.8, 4) is 5.95 Å². The lowest BCUT2D eigenvalue weighted by molar-refractivity contribution is 0.244. The fourth-order valence-electron chi connectivity index (χ4n) is 2.50. The summed E-state index contributed by atoms with van der Waals surface area (Å²) in [5.41, 5.74) is 2.42. The molecule has 4 N–H and O–H groups in total. The van der Waals surface area contributed by atoms with Crippen LogP contribution in [0.1, 0.15) is 13.3 Å². The van der Waals surface area contributed by atoms with Crippen LogP contribution in [0.15, 0.2) is 12.7 Å². The Hall–Kier alpha value is -2.33. The summed E-state index contributed by atoms with van der Waals surface area (Å²) in [6, 6.07) is -0.0124. The van der Waals surface area contributed by atoms with Gasteiger partial charge in [-0.1, -0.05) is 6.92 Å². The molecule has 2 aromatic heterocycles. The van der Waals surface area contributed by atoms with Gasteiger partial charge in [-0.3, -0.25) is 5.43 Å². The molecule has 0 aromatic carbocycles. The van der Waals surface area contributed by atoms with Gasteiger partial charge in [-0.05, 0) is 12.3 Å². The van der Waals surface area contributed by atoms with Gasteiger partial charge in [-0.15, -0.1) is 0 Å². The zero-order valence-electron chi connectivity index (χ0n) is 11.6. The van der Waals surface area contributed by atoms with Gasteiger partial charge in [0.1, 0.15) is 12.7 Å². The number of nitrogens with zero attached hydrogens (tertiary/aromatic N) is 7. The summed E-state index contributed by atoms with van der Waals surface area (Å²) >= 11 is 0. The summed E-state index contributed by atoms with van der Waals surface area (Å²) < 4.78 is 1.43. The first-order valence-corrected chi connectivity index (χ1v) is 6.68. The summed E-state index contributed by atoms with van der Waals surface area (Å²) in [6.45, 7) is 2.93. The number of anilines is 2. The monoisotopic (exact) mass is 291 g/mol. The van der Waals surface area contributed by atoms with Crippen LogP contribution in [-0.2, 0) is 0 Å². The van der Waals surface area contributed by atoms with Crippen LogP contribution in [-0.4, -0.2) is 54.0 Å². The third-order valence-electron chi connectivity index (χ3n) is 3.69. The zero-order valence-corrected chi connectivity index (χ0v) is 11.6. The molecule has 0 spiro atoms. The van der Waals surface area contributed by atoms with Gasteiger partial charge < -0.3 is 10.0 Å². The number of aliphatic hydroxyl groups excluding tert-OH is 1. The highest BCUT2D eigenvalue weighted by atomic mass is 16.3. The number of rotatable bonds is 4. The predicted molar refractivity (Wildman–Crippen MR) is 74.6 cm³/mol. The largest absolute Gasteiger partial charge is 0.394 e. The molecule has 1 aliphatic rings. The van der Waals surface area contributed by atoms with Gasteiger partial charge in [0.15, 0.2) is 0 Å². The fraction of sp³-hybridized carbons (Fsp3) is 0.545. The van der Waals surface area contributed by atoms with Crippen LogP contribution in [0.2, 0.25) is 0 Å². The van der Waals surface area contributed by atoms with Gasteiger partial charge in [0.2, 0.25) is 11.9 Å². The van der Waals surface area contributed by atoms with Crippen LogP contribution in [0.3, 0.4) is 0 Å². The van der Waals surface area contributed by atoms with Crippen molar-refractivity contribution in [2.45, 2.75) is 19.4 Å². The molecule has 0 bridgehead atoms. The van der Waals surface area contributed by atoms with Gasteiger partial charge in [0.25, 0.3) is 5.95 Å². The number of aliphatic hydroxyl groups is 1. The van der Waals surface area contributed by atoms with Crippen molar-refractivity contribution in [3.63, 3.8) is 0 Å². The highest BCUT2D eigenvalue weighted by molar-refractivity contribution is 5.41. The number of hydrogen-bond donors (Lipinski definition) is 3. The first kappa shape index (κ1) is 13.6. The number of nitrogens with one attached hydrogen (secondary N) is 1. The van der Waals surface area contributed by atoms with Gasteiger partial charge in [-0.2, -0.15) is 24.7 Å². The van der Waals surface area contributed by atoms with Gasteiger partial charge >= 0.3 is 0 Å². The third kappa shape index (κ3) is 2.50. The van der Waals surface area contributed by atoms with Crippen LogP contribution in [0.4, 0.5) is 11.9 Å². The van der Waals surface area contributed by atoms with Crippen molar-refractivity contribution < 1.29 is 5.11 Å². The van der Waals surface area contributed by atoms with E-state index in [0.29, 0.717) is 17.8 Å². The number of aromatic nitrogens is 6. The molecule has 3 heterocycles. The number of hydrogen-bond acceptors (Lipinski definition) is 9. The van der Waals surface area contributed by atoms with Crippen molar-refractivity contribution in [1.82, 2.24) is 29.7 Å². The maximum atomic E-state index is 9.57. The topological polar surface area (TPSA) is 131 Å². The minimum atomic E-state index is -0.0124. The molecule has 0 aliphatic carbocycles. The quantitative estimate of drug-likeness (QED) is 0.476. The molecule has 0 radical (unpaired) electrons. The molecule has 112 valence electrons. The van der Waals surface area contributed by atoms with Crippen LogP contribution in [0.25, 0.3) is 5.95 Å². The van der Waals surface area contributed by atoms with E-state index >= 15 is 0 Å². The van der Waals surface area contributed by atoms with Crippen LogP contribution < -0.4 is 16.2 Å². The minimum absolute atomic E-state index is 0.0124. The molecular weight excluding hydrogens is 274 g/mol. The Morgan fingerprint density at radius 2 is 2.19 bits per heavy atom. The summed E-state index contributed by atoms with van der Waals surface area (Å²) in [5.74, 6) is 6.81. The van der Waals surface area contributed by atoms with Gasteiger partial charge in [0, 0.05) is 6.54 Å². The number of hydrazine groups is 1. The van der Waals surface area contributed by atoms with Crippen LogP contribution >= 0.6 is 0 Å². The molecule has 1 saturated heterocycles.